The van der Waals surface area contributed by atoms with Crippen LogP contribution in [0, 0.1) is 12.8 Å². The Hall–Kier alpha value is -2.09. The fourth-order valence-electron chi connectivity index (χ4n) is 3.09. The van der Waals surface area contributed by atoms with Gasteiger partial charge in [0.15, 0.2) is 0 Å². The van der Waals surface area contributed by atoms with Gasteiger partial charge >= 0.3 is 12.1 Å². The van der Waals surface area contributed by atoms with Crippen LogP contribution in [0.5, 0.6) is 0 Å². The van der Waals surface area contributed by atoms with E-state index in [1.807, 2.05) is 31.2 Å². The molecule has 0 saturated carbocycles. The number of hydrogen-bond acceptors (Lipinski definition) is 3. The van der Waals surface area contributed by atoms with Gasteiger partial charge in [-0.15, -0.1) is 0 Å². The summed E-state index contributed by atoms with van der Waals surface area (Å²) in [6.07, 6.45) is -2.61. The van der Waals surface area contributed by atoms with Gasteiger partial charge in [-0.3, -0.25) is 4.79 Å². The van der Waals surface area contributed by atoms with Crippen LogP contribution in [0.15, 0.2) is 24.3 Å². The molecule has 3 aliphatic heterocycles. The van der Waals surface area contributed by atoms with Gasteiger partial charge in [0.2, 0.25) is 0 Å². The minimum atomic E-state index is -5.08. The molecule has 3 heterocycles. The molecule has 0 aliphatic carbocycles. The number of carboxylic acid groups (broad SMARTS) is 1. The van der Waals surface area contributed by atoms with Crippen LogP contribution in [0.1, 0.15) is 28.8 Å². The van der Waals surface area contributed by atoms with Gasteiger partial charge in [-0.2, -0.15) is 13.2 Å². The summed E-state index contributed by atoms with van der Waals surface area (Å²) in [5.41, 5.74) is 1.96. The predicted molar refractivity (Wildman–Crippen MR) is 85.3 cm³/mol. The Morgan fingerprint density at radius 2 is 1.68 bits per heavy atom. The van der Waals surface area contributed by atoms with E-state index < -0.39 is 12.1 Å². The van der Waals surface area contributed by atoms with E-state index in [-0.39, 0.29) is 5.91 Å². The molecule has 8 heteroatoms. The van der Waals surface area contributed by atoms with Crippen molar-refractivity contribution in [2.24, 2.45) is 5.92 Å². The molecule has 25 heavy (non-hydrogen) atoms. The summed E-state index contributed by atoms with van der Waals surface area (Å²) in [5.74, 6) is -1.99. The minimum Gasteiger partial charge on any atom is -0.475 e. The summed E-state index contributed by atoms with van der Waals surface area (Å²) in [6.45, 7) is 5.49. The van der Waals surface area contributed by atoms with Crippen LogP contribution in [0.3, 0.4) is 0 Å². The number of amides is 1. The Morgan fingerprint density at radius 3 is 2.08 bits per heavy atom. The van der Waals surface area contributed by atoms with Crippen LogP contribution in [0.4, 0.5) is 13.2 Å². The van der Waals surface area contributed by atoms with Gasteiger partial charge in [0.1, 0.15) is 0 Å². The quantitative estimate of drug-likeness (QED) is 0.852. The highest BCUT2D eigenvalue weighted by Gasteiger charge is 2.38. The van der Waals surface area contributed by atoms with E-state index in [2.05, 4.69) is 10.2 Å². The molecule has 5 nitrogen and oxygen atoms in total. The first-order chi connectivity index (χ1) is 11.7. The number of rotatable bonds is 2. The summed E-state index contributed by atoms with van der Waals surface area (Å²) in [4.78, 5) is 23.5. The molecule has 138 valence electrons. The number of hydrogen-bond donors (Lipinski definition) is 2. The molecule has 1 atom stereocenters. The first kappa shape index (κ1) is 19.2. The minimum absolute atomic E-state index is 0.0775. The third-order valence-electron chi connectivity index (χ3n) is 4.53. The predicted octanol–water partition coefficient (Wildman–Crippen LogP) is 2.45. The fraction of sp³-hybridized carbons (Fsp3) is 0.529. The summed E-state index contributed by atoms with van der Waals surface area (Å²) in [5, 5.41) is 10.3. The van der Waals surface area contributed by atoms with E-state index in [0.717, 1.165) is 12.1 Å². The second-order valence-electron chi connectivity index (χ2n) is 6.39. The molecule has 0 spiro atoms. The summed E-state index contributed by atoms with van der Waals surface area (Å²) < 4.78 is 31.7. The zero-order chi connectivity index (χ0) is 18.6. The standard InChI is InChI=1S/C15H20N2O.C2HF3O2/c1-11-2-4-13(5-3-11)15(18)16-14-10-17-8-6-12(14)7-9-17;3-2(4,5)1(6)7/h2-5,12,14H,6-10H2,1H3,(H,16,18);(H,6,7)/t14-;/m1./s1. The first-order valence-corrected chi connectivity index (χ1v) is 8.07. The molecular formula is C17H21F3N2O3. The average molecular weight is 358 g/mol. The fourth-order valence-corrected chi connectivity index (χ4v) is 3.09. The van der Waals surface area contributed by atoms with Gasteiger partial charge in [0, 0.05) is 18.2 Å². The molecule has 1 aromatic rings. The van der Waals surface area contributed by atoms with Crippen molar-refractivity contribution in [3.05, 3.63) is 35.4 Å². The maximum Gasteiger partial charge on any atom is 0.490 e. The van der Waals surface area contributed by atoms with Gasteiger partial charge in [-0.05, 0) is 50.9 Å². The number of alkyl halides is 3. The van der Waals surface area contributed by atoms with E-state index in [0.29, 0.717) is 12.0 Å². The number of benzene rings is 1. The van der Waals surface area contributed by atoms with Crippen molar-refractivity contribution >= 4 is 11.9 Å². The maximum absolute atomic E-state index is 12.2. The number of carbonyl (C=O) groups excluding carboxylic acids is 1. The van der Waals surface area contributed by atoms with Crippen molar-refractivity contribution < 1.29 is 27.9 Å². The molecule has 0 aromatic heterocycles. The molecule has 2 N–H and O–H groups in total. The zero-order valence-electron chi connectivity index (χ0n) is 13.8. The number of nitrogens with one attached hydrogen (secondary N) is 1. The van der Waals surface area contributed by atoms with Crippen molar-refractivity contribution in [2.45, 2.75) is 32.0 Å². The second-order valence-corrected chi connectivity index (χ2v) is 6.39. The lowest BCUT2D eigenvalue weighted by Gasteiger charge is -2.44. The number of carboxylic acids is 1. The number of aliphatic carboxylic acids is 1. The number of aryl methyl sites for hydroxylation is 1. The molecule has 0 unspecified atom stereocenters. The molecular weight excluding hydrogens is 337 g/mol. The van der Waals surface area contributed by atoms with E-state index in [4.69, 9.17) is 9.90 Å². The number of nitrogens with zero attached hydrogens (tertiary/aromatic N) is 1. The third-order valence-corrected chi connectivity index (χ3v) is 4.53. The van der Waals surface area contributed by atoms with Crippen molar-refractivity contribution in [3.8, 4) is 0 Å². The molecule has 1 aromatic carbocycles. The molecule has 2 bridgehead atoms. The van der Waals surface area contributed by atoms with Gasteiger partial charge in [-0.25, -0.2) is 4.79 Å². The number of halogens is 3. The lowest BCUT2D eigenvalue weighted by Crippen LogP contribution is -2.57. The first-order valence-electron chi connectivity index (χ1n) is 8.07. The van der Waals surface area contributed by atoms with Crippen LogP contribution in [0.2, 0.25) is 0 Å². The van der Waals surface area contributed by atoms with Gasteiger partial charge in [-0.1, -0.05) is 17.7 Å². The molecule has 3 saturated heterocycles. The lowest BCUT2D eigenvalue weighted by atomic mass is 9.84. The number of piperidine rings is 3. The highest BCUT2D eigenvalue weighted by molar-refractivity contribution is 5.94. The van der Waals surface area contributed by atoms with Crippen LogP contribution in [-0.2, 0) is 4.79 Å². The Kier molecular flexibility index (Phi) is 6.05. The van der Waals surface area contributed by atoms with Crippen molar-refractivity contribution in [1.82, 2.24) is 10.2 Å². The molecule has 1 amide bonds. The Morgan fingerprint density at radius 1 is 1.16 bits per heavy atom. The van der Waals surface area contributed by atoms with E-state index >= 15 is 0 Å². The van der Waals surface area contributed by atoms with Crippen LogP contribution in [0.25, 0.3) is 0 Å². The van der Waals surface area contributed by atoms with Crippen LogP contribution >= 0.6 is 0 Å². The molecule has 3 aliphatic rings. The topological polar surface area (TPSA) is 69.6 Å². The molecule has 3 fully saturated rings. The monoisotopic (exact) mass is 358 g/mol. The highest BCUT2D eigenvalue weighted by atomic mass is 19.4. The largest absolute Gasteiger partial charge is 0.490 e. The van der Waals surface area contributed by atoms with Crippen LogP contribution < -0.4 is 5.32 Å². The Bertz CT molecular complexity index is 609. The van der Waals surface area contributed by atoms with Crippen molar-refractivity contribution in [2.75, 3.05) is 19.6 Å². The number of carbonyl (C=O) groups is 2. The van der Waals surface area contributed by atoms with Gasteiger partial charge in [0.25, 0.3) is 5.91 Å². The Balaban J connectivity index is 0.000000277. The van der Waals surface area contributed by atoms with E-state index in [9.17, 15) is 18.0 Å². The van der Waals surface area contributed by atoms with E-state index in [1.54, 1.807) is 0 Å². The van der Waals surface area contributed by atoms with Gasteiger partial charge < -0.3 is 15.3 Å². The number of fused-ring (bicyclic) bond motifs is 3. The lowest BCUT2D eigenvalue weighted by molar-refractivity contribution is -0.192. The second kappa shape index (κ2) is 7.86. The maximum atomic E-state index is 12.2. The highest BCUT2D eigenvalue weighted by Crippen LogP contribution is 2.27. The van der Waals surface area contributed by atoms with Gasteiger partial charge in [0.05, 0.1) is 0 Å². The summed E-state index contributed by atoms with van der Waals surface area (Å²) in [6, 6.07) is 8.15. The third kappa shape index (κ3) is 5.45. The smallest absolute Gasteiger partial charge is 0.475 e. The van der Waals surface area contributed by atoms with Crippen molar-refractivity contribution in [3.63, 3.8) is 0 Å². The molecule has 0 radical (unpaired) electrons. The van der Waals surface area contributed by atoms with E-state index in [1.165, 1.54) is 31.5 Å². The average Bonchev–Trinajstić information content (AvgIpc) is 2.56. The zero-order valence-corrected chi connectivity index (χ0v) is 13.8. The SMILES string of the molecule is Cc1ccc(C(=O)N[C@@H]2CN3CCC2CC3)cc1.O=C(O)C(F)(F)F. The van der Waals surface area contributed by atoms with Crippen molar-refractivity contribution in [1.29, 1.82) is 0 Å². The summed E-state index contributed by atoms with van der Waals surface area (Å²) in [7, 11) is 0. The van der Waals surface area contributed by atoms with Crippen LogP contribution in [-0.4, -0.2) is 53.7 Å². The normalized spacial score (nSPS) is 24.9. The molecule has 4 rings (SSSR count). The Labute approximate surface area is 143 Å². The summed E-state index contributed by atoms with van der Waals surface area (Å²) >= 11 is 0.